The summed E-state index contributed by atoms with van der Waals surface area (Å²) in [7, 11) is 1.75. The molecule has 0 aromatic heterocycles. The van der Waals surface area contributed by atoms with Crippen molar-refractivity contribution in [2.45, 2.75) is 63.9 Å². The van der Waals surface area contributed by atoms with Gasteiger partial charge in [0.15, 0.2) is 0 Å². The van der Waals surface area contributed by atoms with E-state index in [0.29, 0.717) is 18.3 Å². The number of morpholine rings is 1. The molecule has 1 aromatic rings. The van der Waals surface area contributed by atoms with Gasteiger partial charge in [-0.1, -0.05) is 13.0 Å². The van der Waals surface area contributed by atoms with Gasteiger partial charge in [0.2, 0.25) is 0 Å². The van der Waals surface area contributed by atoms with Gasteiger partial charge >= 0.3 is 5.97 Å². The van der Waals surface area contributed by atoms with Gasteiger partial charge in [-0.25, -0.2) is 0 Å². The van der Waals surface area contributed by atoms with Gasteiger partial charge in [-0.15, -0.1) is 0 Å². The van der Waals surface area contributed by atoms with E-state index in [2.05, 4.69) is 30.0 Å². The molecule has 5 rings (SSSR count). The zero-order valence-electron chi connectivity index (χ0n) is 19.1. The molecule has 31 heavy (non-hydrogen) atoms. The fourth-order valence-electron chi connectivity index (χ4n) is 7.12. The molecule has 3 fully saturated rings. The average molecular weight is 428 g/mol. The summed E-state index contributed by atoms with van der Waals surface area (Å²) in [4.78, 5) is 15.0. The molecule has 0 spiro atoms. The highest BCUT2D eigenvalue weighted by Gasteiger charge is 2.56. The van der Waals surface area contributed by atoms with E-state index in [4.69, 9.17) is 14.2 Å². The van der Waals surface area contributed by atoms with Crippen molar-refractivity contribution in [2.75, 3.05) is 40.0 Å². The molecule has 5 heteroatoms. The van der Waals surface area contributed by atoms with Crippen molar-refractivity contribution in [1.82, 2.24) is 4.90 Å². The maximum atomic E-state index is 12.7. The molecule has 4 aliphatic rings. The monoisotopic (exact) mass is 427 g/mol. The summed E-state index contributed by atoms with van der Waals surface area (Å²) in [6.07, 6.45) is 7.58. The van der Waals surface area contributed by atoms with Crippen LogP contribution in [0.3, 0.4) is 0 Å². The molecular weight excluding hydrogens is 390 g/mol. The molecule has 2 saturated carbocycles. The minimum Gasteiger partial charge on any atom is -0.497 e. The van der Waals surface area contributed by atoms with Crippen molar-refractivity contribution in [3.05, 3.63) is 29.3 Å². The van der Waals surface area contributed by atoms with Crippen LogP contribution < -0.4 is 4.74 Å². The fourth-order valence-corrected chi connectivity index (χ4v) is 7.12. The number of fused-ring (bicyclic) bond motifs is 5. The third kappa shape index (κ3) is 4.00. The Morgan fingerprint density at radius 1 is 1.19 bits per heavy atom. The van der Waals surface area contributed by atoms with E-state index in [-0.39, 0.29) is 17.5 Å². The molecule has 170 valence electrons. The standard InChI is InChI=1S/C26H37NO4/c1-26-11-9-21-20-6-4-19(29-2)17-18(20)3-5-22(21)23(26)7-8-24(26)31-25(28)10-12-27-13-15-30-16-14-27/h4,6,17,21-24H,3,5,7-16H2,1-2H3/t21-,22-,23-,24+,26+/m1/s1. The zero-order valence-corrected chi connectivity index (χ0v) is 19.1. The summed E-state index contributed by atoms with van der Waals surface area (Å²) >= 11 is 0. The van der Waals surface area contributed by atoms with Gasteiger partial charge in [-0.2, -0.15) is 0 Å². The molecule has 0 bridgehead atoms. The maximum Gasteiger partial charge on any atom is 0.307 e. The first-order valence-electron chi connectivity index (χ1n) is 12.2. The second kappa shape index (κ2) is 8.74. The van der Waals surface area contributed by atoms with Crippen LogP contribution >= 0.6 is 0 Å². The molecule has 5 atom stereocenters. The smallest absolute Gasteiger partial charge is 0.307 e. The summed E-state index contributed by atoms with van der Waals surface area (Å²) in [5, 5.41) is 0. The molecule has 1 aromatic carbocycles. The van der Waals surface area contributed by atoms with E-state index >= 15 is 0 Å². The number of nitrogens with zero attached hydrogens (tertiary/aromatic N) is 1. The highest BCUT2D eigenvalue weighted by atomic mass is 16.5. The summed E-state index contributed by atoms with van der Waals surface area (Å²) in [6, 6.07) is 6.68. The number of ether oxygens (including phenoxy) is 3. The number of carbonyl (C=O) groups is 1. The largest absolute Gasteiger partial charge is 0.497 e. The predicted molar refractivity (Wildman–Crippen MR) is 119 cm³/mol. The quantitative estimate of drug-likeness (QED) is 0.660. The topological polar surface area (TPSA) is 48.0 Å². The Hall–Kier alpha value is -1.59. The van der Waals surface area contributed by atoms with Crippen LogP contribution in [-0.2, 0) is 20.7 Å². The van der Waals surface area contributed by atoms with Crippen molar-refractivity contribution >= 4 is 5.97 Å². The number of carbonyl (C=O) groups excluding carboxylic acids is 1. The van der Waals surface area contributed by atoms with E-state index < -0.39 is 0 Å². The fraction of sp³-hybridized carbons (Fsp3) is 0.731. The Kier molecular flexibility index (Phi) is 6.00. The summed E-state index contributed by atoms with van der Waals surface area (Å²) in [6.45, 7) is 6.59. The van der Waals surface area contributed by atoms with Gasteiger partial charge in [-0.3, -0.25) is 9.69 Å². The number of methoxy groups -OCH3 is 1. The van der Waals surface area contributed by atoms with Crippen molar-refractivity contribution < 1.29 is 19.0 Å². The van der Waals surface area contributed by atoms with E-state index in [1.165, 1.54) is 24.8 Å². The lowest BCUT2D eigenvalue weighted by atomic mass is 9.55. The molecule has 0 N–H and O–H groups in total. The Labute approximate surface area is 186 Å². The number of hydrogen-bond donors (Lipinski definition) is 0. The highest BCUT2D eigenvalue weighted by Crippen LogP contribution is 2.61. The first-order valence-corrected chi connectivity index (χ1v) is 12.2. The number of benzene rings is 1. The second-order valence-electron chi connectivity index (χ2n) is 10.3. The molecule has 0 amide bonds. The van der Waals surface area contributed by atoms with Gasteiger partial charge in [-0.05, 0) is 79.5 Å². The van der Waals surface area contributed by atoms with E-state index in [9.17, 15) is 4.79 Å². The van der Waals surface area contributed by atoms with Crippen LogP contribution in [0.5, 0.6) is 5.75 Å². The van der Waals surface area contributed by atoms with Crippen molar-refractivity contribution in [3.63, 3.8) is 0 Å². The number of aryl methyl sites for hydroxylation is 1. The van der Waals surface area contributed by atoms with Crippen LogP contribution in [0, 0.1) is 17.3 Å². The van der Waals surface area contributed by atoms with Crippen molar-refractivity contribution in [3.8, 4) is 5.75 Å². The average Bonchev–Trinajstić information content (AvgIpc) is 3.13. The third-order valence-corrected chi connectivity index (χ3v) is 8.86. The molecule has 1 saturated heterocycles. The van der Waals surface area contributed by atoms with E-state index in [1.54, 1.807) is 12.7 Å². The SMILES string of the molecule is COc1ccc2c(c1)CC[C@@H]1[C@@H]2CC[C@]2(C)[C@@H](OC(=O)CCN3CCOCC3)CC[C@H]12. The molecule has 0 radical (unpaired) electrons. The lowest BCUT2D eigenvalue weighted by Crippen LogP contribution is -2.45. The first kappa shape index (κ1) is 21.3. The molecular formula is C26H37NO4. The lowest BCUT2D eigenvalue weighted by molar-refractivity contribution is -0.158. The Morgan fingerprint density at radius 2 is 2.03 bits per heavy atom. The van der Waals surface area contributed by atoms with Crippen LogP contribution in [0.15, 0.2) is 18.2 Å². The van der Waals surface area contributed by atoms with Gasteiger partial charge in [0, 0.05) is 25.0 Å². The molecule has 1 heterocycles. The normalized spacial score (nSPS) is 35.0. The highest BCUT2D eigenvalue weighted by molar-refractivity contribution is 5.70. The maximum absolute atomic E-state index is 12.7. The summed E-state index contributed by atoms with van der Waals surface area (Å²) in [5.41, 5.74) is 3.16. The minimum absolute atomic E-state index is 0.0124. The molecule has 3 aliphatic carbocycles. The predicted octanol–water partition coefficient (Wildman–Crippen LogP) is 4.19. The van der Waals surface area contributed by atoms with Crippen LogP contribution in [0.25, 0.3) is 0 Å². The number of esters is 1. The van der Waals surface area contributed by atoms with Crippen molar-refractivity contribution in [2.24, 2.45) is 17.3 Å². The van der Waals surface area contributed by atoms with Gasteiger partial charge in [0.05, 0.1) is 26.7 Å². The molecule has 0 unspecified atom stereocenters. The summed E-state index contributed by atoms with van der Waals surface area (Å²) < 4.78 is 17.0. The van der Waals surface area contributed by atoms with Crippen LogP contribution in [0.2, 0.25) is 0 Å². The van der Waals surface area contributed by atoms with Crippen LogP contribution in [0.1, 0.15) is 62.5 Å². The molecule has 5 nitrogen and oxygen atoms in total. The Morgan fingerprint density at radius 3 is 2.84 bits per heavy atom. The van der Waals surface area contributed by atoms with Gasteiger partial charge in [0.1, 0.15) is 11.9 Å². The third-order valence-electron chi connectivity index (χ3n) is 8.86. The summed E-state index contributed by atoms with van der Waals surface area (Å²) in [5.74, 6) is 3.00. The first-order chi connectivity index (χ1) is 15.1. The van der Waals surface area contributed by atoms with Gasteiger partial charge in [0.25, 0.3) is 0 Å². The Bertz CT molecular complexity index is 805. The number of hydrogen-bond acceptors (Lipinski definition) is 5. The van der Waals surface area contributed by atoms with Crippen LogP contribution in [-0.4, -0.2) is 56.9 Å². The van der Waals surface area contributed by atoms with Crippen molar-refractivity contribution in [1.29, 1.82) is 0 Å². The second-order valence-corrected chi connectivity index (χ2v) is 10.3. The van der Waals surface area contributed by atoms with E-state index in [0.717, 1.165) is 63.8 Å². The Balaban J connectivity index is 1.23. The van der Waals surface area contributed by atoms with Crippen LogP contribution in [0.4, 0.5) is 0 Å². The van der Waals surface area contributed by atoms with Gasteiger partial charge < -0.3 is 14.2 Å². The lowest BCUT2D eigenvalue weighted by Gasteiger charge is -2.50. The number of rotatable bonds is 5. The molecule has 1 aliphatic heterocycles. The van der Waals surface area contributed by atoms with E-state index in [1.807, 2.05) is 0 Å². The zero-order chi connectivity index (χ0) is 21.4. The minimum atomic E-state index is -0.0124.